The van der Waals surface area contributed by atoms with Gasteiger partial charge in [0.1, 0.15) is 0 Å². The molecule has 0 saturated heterocycles. The van der Waals surface area contributed by atoms with Gasteiger partial charge in [0, 0.05) is 25.7 Å². The predicted octanol–water partition coefficient (Wildman–Crippen LogP) is 5.17. The van der Waals surface area contributed by atoms with Crippen LogP contribution in [0, 0.1) is 0 Å². The Labute approximate surface area is 136 Å². The fourth-order valence-electron chi connectivity index (χ4n) is 2.59. The summed E-state index contributed by atoms with van der Waals surface area (Å²) in [7, 11) is 1.76. The molecule has 0 aliphatic carbocycles. The van der Waals surface area contributed by atoms with Crippen molar-refractivity contribution in [3.05, 3.63) is 85.2 Å². The summed E-state index contributed by atoms with van der Waals surface area (Å²) in [5, 5.41) is 2.43. The van der Waals surface area contributed by atoms with Gasteiger partial charge < -0.3 is 0 Å². The molecule has 0 N–H and O–H groups in total. The van der Waals surface area contributed by atoms with Gasteiger partial charge in [-0.1, -0.05) is 36.9 Å². The Morgan fingerprint density at radius 2 is 1.70 bits per heavy atom. The average molecular weight is 298 g/mol. The van der Waals surface area contributed by atoms with Gasteiger partial charge in [0.25, 0.3) is 0 Å². The zero-order chi connectivity index (χ0) is 16.1. The van der Waals surface area contributed by atoms with Crippen LogP contribution in [0.4, 0.5) is 0 Å². The molecule has 2 nitrogen and oxygen atoms in total. The normalized spacial score (nSPS) is 12.0. The maximum Gasteiger partial charge on any atom is 0.0277 e. The van der Waals surface area contributed by atoms with Crippen LogP contribution >= 0.6 is 0 Å². The number of allylic oxidation sites excluding steroid dienone is 3. The van der Waals surface area contributed by atoms with E-state index in [0.29, 0.717) is 0 Å². The van der Waals surface area contributed by atoms with Crippen molar-refractivity contribution in [2.75, 3.05) is 7.05 Å². The van der Waals surface area contributed by atoms with Crippen LogP contribution in [0.2, 0.25) is 0 Å². The molecule has 2 heteroatoms. The predicted molar refractivity (Wildman–Crippen MR) is 99.8 cm³/mol. The maximum atomic E-state index is 4.07. The number of benzene rings is 2. The number of pyridine rings is 1. The highest BCUT2D eigenvalue weighted by Crippen LogP contribution is 2.26. The van der Waals surface area contributed by atoms with E-state index in [9.17, 15) is 0 Å². The quantitative estimate of drug-likeness (QED) is 0.482. The van der Waals surface area contributed by atoms with Crippen molar-refractivity contribution < 1.29 is 0 Å². The molecular weight excluding hydrogens is 280 g/mol. The van der Waals surface area contributed by atoms with Gasteiger partial charge in [0.2, 0.25) is 0 Å². The van der Waals surface area contributed by atoms with Crippen LogP contribution < -0.4 is 0 Å². The summed E-state index contributed by atoms with van der Waals surface area (Å²) in [6.45, 7) is 3.89. The second-order valence-electron chi connectivity index (χ2n) is 5.25. The highest BCUT2D eigenvalue weighted by atomic mass is 14.6. The second kappa shape index (κ2) is 6.84. The molecule has 1 heterocycles. The summed E-state index contributed by atoms with van der Waals surface area (Å²) in [5.41, 5.74) is 4.59. The van der Waals surface area contributed by atoms with Gasteiger partial charge in [-0.3, -0.25) is 9.98 Å². The zero-order valence-corrected chi connectivity index (χ0v) is 13.1. The van der Waals surface area contributed by atoms with Crippen molar-refractivity contribution in [1.29, 1.82) is 0 Å². The number of rotatable bonds is 4. The average Bonchev–Trinajstić information content (AvgIpc) is 2.62. The summed E-state index contributed by atoms with van der Waals surface area (Å²) in [5.74, 6) is 0. The number of aliphatic imine (C=N–C) groups is 1. The van der Waals surface area contributed by atoms with E-state index in [1.807, 2.05) is 36.7 Å². The molecule has 0 saturated carbocycles. The first-order valence-electron chi connectivity index (χ1n) is 7.51. The van der Waals surface area contributed by atoms with Crippen molar-refractivity contribution in [3.8, 4) is 11.1 Å². The fraction of sp³-hybridized carbons (Fsp3) is 0.0476. The molecule has 0 radical (unpaired) electrons. The monoisotopic (exact) mass is 298 g/mol. The van der Waals surface area contributed by atoms with E-state index >= 15 is 0 Å². The first-order chi connectivity index (χ1) is 11.3. The van der Waals surface area contributed by atoms with Crippen molar-refractivity contribution >= 4 is 22.6 Å². The molecule has 0 unspecified atom stereocenters. The Bertz CT molecular complexity index is 890. The van der Waals surface area contributed by atoms with Gasteiger partial charge in [-0.05, 0) is 63.4 Å². The Kier molecular flexibility index (Phi) is 4.44. The number of aromatic nitrogens is 1. The molecule has 0 aliphatic heterocycles. The van der Waals surface area contributed by atoms with Crippen LogP contribution in [0.15, 0.2) is 84.6 Å². The summed E-state index contributed by atoms with van der Waals surface area (Å²) in [6.07, 6.45) is 9.25. The largest absolute Gasteiger partial charge is 0.296 e. The molecule has 0 spiro atoms. The molecule has 0 atom stereocenters. The zero-order valence-electron chi connectivity index (χ0n) is 13.1. The van der Waals surface area contributed by atoms with Crippen LogP contribution in [0.1, 0.15) is 5.56 Å². The van der Waals surface area contributed by atoms with Gasteiger partial charge in [-0.15, -0.1) is 0 Å². The molecule has 1 aromatic heterocycles. The first-order valence-corrected chi connectivity index (χ1v) is 7.51. The standard InChI is InChI=1S/C21H18N2/c1-3-16(8-11-22-2)18-4-6-21-15-19(5-7-20(21)14-18)17-9-12-23-13-10-17/h3-15H,1H2,2H3/b16-8+,22-11?. The topological polar surface area (TPSA) is 25.2 Å². The SMILES string of the molecule is C=C/C(=C\C=NC)c1ccc2cc(-c3ccncc3)ccc2c1. The molecule has 2 aromatic carbocycles. The van der Waals surface area contributed by atoms with E-state index in [1.54, 1.807) is 13.3 Å². The third-order valence-corrected chi connectivity index (χ3v) is 3.81. The van der Waals surface area contributed by atoms with Crippen molar-refractivity contribution in [3.63, 3.8) is 0 Å². The number of hydrogen-bond donors (Lipinski definition) is 0. The highest BCUT2D eigenvalue weighted by molar-refractivity contribution is 5.94. The summed E-state index contributed by atoms with van der Waals surface area (Å²) in [6, 6.07) is 17.0. The lowest BCUT2D eigenvalue weighted by molar-refractivity contribution is 1.33. The summed E-state index contributed by atoms with van der Waals surface area (Å²) in [4.78, 5) is 8.07. The van der Waals surface area contributed by atoms with Crippen molar-refractivity contribution in [2.24, 2.45) is 4.99 Å². The summed E-state index contributed by atoms with van der Waals surface area (Å²) < 4.78 is 0. The van der Waals surface area contributed by atoms with Crippen molar-refractivity contribution in [1.82, 2.24) is 4.98 Å². The summed E-state index contributed by atoms with van der Waals surface area (Å²) >= 11 is 0. The molecule has 112 valence electrons. The van der Waals surface area contributed by atoms with E-state index in [-0.39, 0.29) is 0 Å². The van der Waals surface area contributed by atoms with Crippen LogP contribution in [0.3, 0.4) is 0 Å². The molecule has 0 bridgehead atoms. The van der Waals surface area contributed by atoms with Gasteiger partial charge in [-0.25, -0.2) is 0 Å². The molecule has 3 aromatic rings. The second-order valence-corrected chi connectivity index (χ2v) is 5.25. The molecule has 0 amide bonds. The minimum absolute atomic E-state index is 1.07. The van der Waals surface area contributed by atoms with Crippen LogP contribution in [-0.2, 0) is 0 Å². The van der Waals surface area contributed by atoms with E-state index in [1.165, 1.54) is 21.9 Å². The van der Waals surface area contributed by atoms with E-state index in [0.717, 1.165) is 11.1 Å². The van der Waals surface area contributed by atoms with Gasteiger partial charge >= 0.3 is 0 Å². The minimum Gasteiger partial charge on any atom is -0.296 e. The Morgan fingerprint density at radius 1 is 0.957 bits per heavy atom. The lowest BCUT2D eigenvalue weighted by atomic mass is 9.98. The molecule has 0 aliphatic rings. The van der Waals surface area contributed by atoms with Crippen LogP contribution in [0.25, 0.3) is 27.5 Å². The van der Waals surface area contributed by atoms with Crippen molar-refractivity contribution in [2.45, 2.75) is 0 Å². The lowest BCUT2D eigenvalue weighted by Crippen LogP contribution is -1.84. The Morgan fingerprint density at radius 3 is 2.43 bits per heavy atom. The third-order valence-electron chi connectivity index (χ3n) is 3.81. The van der Waals surface area contributed by atoms with Crippen LogP contribution in [-0.4, -0.2) is 18.2 Å². The highest BCUT2D eigenvalue weighted by Gasteiger charge is 2.02. The van der Waals surface area contributed by atoms with Gasteiger partial charge in [0.15, 0.2) is 0 Å². The van der Waals surface area contributed by atoms with Crippen LogP contribution in [0.5, 0.6) is 0 Å². The van der Waals surface area contributed by atoms with E-state index in [4.69, 9.17) is 0 Å². The molecule has 23 heavy (non-hydrogen) atoms. The number of fused-ring (bicyclic) bond motifs is 1. The van der Waals surface area contributed by atoms with Gasteiger partial charge in [0.05, 0.1) is 0 Å². The number of hydrogen-bond acceptors (Lipinski definition) is 2. The van der Waals surface area contributed by atoms with Gasteiger partial charge in [-0.2, -0.15) is 0 Å². The van der Waals surface area contributed by atoms with E-state index in [2.05, 4.69) is 53.0 Å². The first kappa shape index (κ1) is 14.9. The Balaban J connectivity index is 2.04. The molecule has 3 rings (SSSR count). The Hall–Kier alpha value is -3.00. The smallest absolute Gasteiger partial charge is 0.0277 e. The number of nitrogens with zero attached hydrogens (tertiary/aromatic N) is 2. The fourth-order valence-corrected chi connectivity index (χ4v) is 2.59. The maximum absolute atomic E-state index is 4.07. The molecule has 0 fully saturated rings. The third kappa shape index (κ3) is 3.27. The molecular formula is C21H18N2. The van der Waals surface area contributed by atoms with E-state index < -0.39 is 0 Å². The lowest BCUT2D eigenvalue weighted by Gasteiger charge is -2.07. The minimum atomic E-state index is 1.07.